The van der Waals surface area contributed by atoms with Gasteiger partial charge in [0.25, 0.3) is 0 Å². The Labute approximate surface area is 105 Å². The molecule has 0 bridgehead atoms. The number of carbonyl (C=O) groups excluding carboxylic acids is 1. The molecule has 2 atom stereocenters. The minimum atomic E-state index is -0.864. The highest BCUT2D eigenvalue weighted by Gasteiger charge is 2.69. The maximum atomic E-state index is 12.5. The van der Waals surface area contributed by atoms with Gasteiger partial charge in [0.1, 0.15) is 0 Å². The number of nitrogens with zero attached hydrogens (tertiary/aromatic N) is 1. The minimum Gasteiger partial charge on any atom is -0.481 e. The van der Waals surface area contributed by atoms with E-state index in [1.54, 1.807) is 4.90 Å². The summed E-state index contributed by atoms with van der Waals surface area (Å²) in [7, 11) is 0. The highest BCUT2D eigenvalue weighted by atomic mass is 16.4. The first-order valence-electron chi connectivity index (χ1n) is 6.27. The largest absolute Gasteiger partial charge is 0.481 e. The van der Waals surface area contributed by atoms with Crippen LogP contribution in [0.25, 0.3) is 0 Å². The van der Waals surface area contributed by atoms with Gasteiger partial charge in [-0.15, -0.1) is 0 Å². The van der Waals surface area contributed by atoms with Gasteiger partial charge in [0.15, 0.2) is 0 Å². The number of aliphatic carboxylic acids is 1. The molecule has 1 fully saturated rings. The van der Waals surface area contributed by atoms with Gasteiger partial charge in [-0.05, 0) is 24.5 Å². The number of amides is 1. The minimum absolute atomic E-state index is 0.0297. The van der Waals surface area contributed by atoms with E-state index < -0.39 is 17.3 Å². The molecule has 0 aromatic heterocycles. The summed E-state index contributed by atoms with van der Waals surface area (Å²) in [5.74, 6) is -1.44. The Morgan fingerprint density at radius 1 is 1.50 bits per heavy atom. The summed E-state index contributed by atoms with van der Waals surface area (Å²) < 4.78 is 0. The van der Waals surface area contributed by atoms with E-state index >= 15 is 0 Å². The van der Waals surface area contributed by atoms with Crippen molar-refractivity contribution in [1.82, 2.24) is 0 Å². The molecular formula is C14H15NO3. The van der Waals surface area contributed by atoms with E-state index in [2.05, 4.69) is 0 Å². The number of rotatable bonds is 3. The number of carboxylic acid groups (broad SMARTS) is 1. The van der Waals surface area contributed by atoms with Gasteiger partial charge in [-0.2, -0.15) is 0 Å². The van der Waals surface area contributed by atoms with Crippen molar-refractivity contribution in [3.63, 3.8) is 0 Å². The van der Waals surface area contributed by atoms with E-state index in [0.29, 0.717) is 13.0 Å². The van der Waals surface area contributed by atoms with Gasteiger partial charge in [0, 0.05) is 12.2 Å². The molecule has 1 saturated carbocycles. The van der Waals surface area contributed by atoms with Crippen molar-refractivity contribution in [3.05, 3.63) is 29.8 Å². The fourth-order valence-electron chi connectivity index (χ4n) is 3.09. The summed E-state index contributed by atoms with van der Waals surface area (Å²) >= 11 is 0. The standard InChI is InChI=1S/C14H15NO3/c1-2-7-15-11-6-4-3-5-9(11)14(13(15)18)8-10(14)12(16)17/h3-6,10H,2,7-8H2,1H3,(H,16,17). The molecule has 4 nitrogen and oxygen atoms in total. The summed E-state index contributed by atoms with van der Waals surface area (Å²) in [6, 6.07) is 7.58. The highest BCUT2D eigenvalue weighted by Crippen LogP contribution is 2.61. The second kappa shape index (κ2) is 3.57. The van der Waals surface area contributed by atoms with Crippen LogP contribution in [0.1, 0.15) is 25.3 Å². The lowest BCUT2D eigenvalue weighted by Gasteiger charge is -2.16. The van der Waals surface area contributed by atoms with Crippen LogP contribution in [0.15, 0.2) is 24.3 Å². The molecule has 2 aliphatic rings. The molecule has 1 amide bonds. The third-order valence-electron chi connectivity index (χ3n) is 4.01. The van der Waals surface area contributed by atoms with Crippen molar-refractivity contribution >= 4 is 17.6 Å². The van der Waals surface area contributed by atoms with E-state index in [0.717, 1.165) is 17.7 Å². The van der Waals surface area contributed by atoms with Gasteiger partial charge in [-0.3, -0.25) is 9.59 Å². The Morgan fingerprint density at radius 2 is 2.22 bits per heavy atom. The van der Waals surface area contributed by atoms with Gasteiger partial charge in [-0.1, -0.05) is 25.1 Å². The number of hydrogen-bond acceptors (Lipinski definition) is 2. The molecule has 94 valence electrons. The molecule has 3 rings (SSSR count). The topological polar surface area (TPSA) is 57.6 Å². The van der Waals surface area contributed by atoms with E-state index in [1.165, 1.54) is 0 Å². The summed E-state index contributed by atoms with van der Waals surface area (Å²) in [5.41, 5.74) is 1.03. The quantitative estimate of drug-likeness (QED) is 0.883. The van der Waals surface area contributed by atoms with Crippen LogP contribution in [-0.2, 0) is 15.0 Å². The number of fused-ring (bicyclic) bond motifs is 2. The molecule has 4 heteroatoms. The zero-order chi connectivity index (χ0) is 12.9. The first kappa shape index (κ1) is 11.3. The predicted octanol–water partition coefficient (Wildman–Crippen LogP) is 1.79. The van der Waals surface area contributed by atoms with E-state index in [1.807, 2.05) is 31.2 Å². The summed E-state index contributed by atoms with van der Waals surface area (Å²) in [6.45, 7) is 2.67. The predicted molar refractivity (Wildman–Crippen MR) is 66.5 cm³/mol. The van der Waals surface area contributed by atoms with Crippen LogP contribution >= 0.6 is 0 Å². The monoisotopic (exact) mass is 245 g/mol. The zero-order valence-electron chi connectivity index (χ0n) is 10.2. The SMILES string of the molecule is CCCN1C(=O)C2(CC2C(=O)O)c2ccccc21. The fourth-order valence-corrected chi connectivity index (χ4v) is 3.09. The number of anilines is 1. The summed E-state index contributed by atoms with van der Waals surface area (Å²) in [4.78, 5) is 25.4. The van der Waals surface area contributed by atoms with Crippen LogP contribution in [0.2, 0.25) is 0 Å². The number of carboxylic acids is 1. The fraction of sp³-hybridized carbons (Fsp3) is 0.429. The Hall–Kier alpha value is -1.84. The van der Waals surface area contributed by atoms with Gasteiger partial charge < -0.3 is 10.0 Å². The van der Waals surface area contributed by atoms with E-state index in [4.69, 9.17) is 5.11 Å². The van der Waals surface area contributed by atoms with Crippen molar-refractivity contribution in [2.45, 2.75) is 25.2 Å². The van der Waals surface area contributed by atoms with Gasteiger partial charge in [0.2, 0.25) is 5.91 Å². The van der Waals surface area contributed by atoms with Gasteiger partial charge >= 0.3 is 5.97 Å². The Morgan fingerprint density at radius 3 is 2.83 bits per heavy atom. The Balaban J connectivity index is 2.09. The third-order valence-corrected chi connectivity index (χ3v) is 4.01. The van der Waals surface area contributed by atoms with Gasteiger partial charge in [0.05, 0.1) is 11.3 Å². The molecule has 1 heterocycles. The molecule has 1 aliphatic heterocycles. The summed E-state index contributed by atoms with van der Waals surface area (Å²) in [5, 5.41) is 9.17. The maximum absolute atomic E-state index is 12.5. The lowest BCUT2D eigenvalue weighted by atomic mass is 9.95. The van der Waals surface area contributed by atoms with E-state index in [-0.39, 0.29) is 5.91 Å². The molecule has 1 aromatic rings. The second-order valence-electron chi connectivity index (χ2n) is 5.04. The van der Waals surface area contributed by atoms with Crippen molar-refractivity contribution in [2.75, 3.05) is 11.4 Å². The molecule has 1 spiro atoms. The highest BCUT2D eigenvalue weighted by molar-refractivity contribution is 6.13. The molecule has 0 saturated heterocycles. The second-order valence-corrected chi connectivity index (χ2v) is 5.04. The lowest BCUT2D eigenvalue weighted by Crippen LogP contribution is -2.34. The molecular weight excluding hydrogens is 230 g/mol. The molecule has 1 aliphatic carbocycles. The number of carbonyl (C=O) groups is 2. The van der Waals surface area contributed by atoms with Crippen molar-refractivity contribution in [1.29, 1.82) is 0 Å². The number of benzene rings is 1. The van der Waals surface area contributed by atoms with Crippen LogP contribution < -0.4 is 4.90 Å². The smallest absolute Gasteiger partial charge is 0.307 e. The van der Waals surface area contributed by atoms with Crippen molar-refractivity contribution < 1.29 is 14.7 Å². The molecule has 0 radical (unpaired) electrons. The van der Waals surface area contributed by atoms with Crippen molar-refractivity contribution in [2.24, 2.45) is 5.92 Å². The average Bonchev–Trinajstić information content (AvgIpc) is 3.07. The number of hydrogen-bond donors (Lipinski definition) is 1. The molecule has 1 N–H and O–H groups in total. The first-order valence-corrected chi connectivity index (χ1v) is 6.27. The van der Waals surface area contributed by atoms with Crippen molar-refractivity contribution in [3.8, 4) is 0 Å². The molecule has 18 heavy (non-hydrogen) atoms. The third kappa shape index (κ3) is 1.20. The summed E-state index contributed by atoms with van der Waals surface area (Å²) in [6.07, 6.45) is 1.31. The Kier molecular flexibility index (Phi) is 2.24. The molecule has 2 unspecified atom stereocenters. The zero-order valence-corrected chi connectivity index (χ0v) is 10.2. The normalized spacial score (nSPS) is 28.6. The van der Waals surface area contributed by atoms with Crippen LogP contribution in [0, 0.1) is 5.92 Å². The van der Waals surface area contributed by atoms with Crippen LogP contribution in [0.4, 0.5) is 5.69 Å². The van der Waals surface area contributed by atoms with Crippen LogP contribution in [0.3, 0.4) is 0 Å². The Bertz CT molecular complexity index is 540. The average molecular weight is 245 g/mol. The lowest BCUT2D eigenvalue weighted by molar-refractivity contribution is -0.140. The molecule has 1 aromatic carbocycles. The number of para-hydroxylation sites is 1. The first-order chi connectivity index (χ1) is 8.63. The van der Waals surface area contributed by atoms with Crippen LogP contribution in [-0.4, -0.2) is 23.5 Å². The maximum Gasteiger partial charge on any atom is 0.307 e. The van der Waals surface area contributed by atoms with Gasteiger partial charge in [-0.25, -0.2) is 0 Å². The van der Waals surface area contributed by atoms with E-state index in [9.17, 15) is 9.59 Å². The van der Waals surface area contributed by atoms with Crippen LogP contribution in [0.5, 0.6) is 0 Å².